The standard InChI is InChI=1S/C14H18O/c1-2-14(10-6-9-13(15)11-14)12-7-4-3-5-8-12/h3-5,7-8H,2,6,9-11H2,1H3/t14-/m1/s1. The minimum absolute atomic E-state index is 0.136. The summed E-state index contributed by atoms with van der Waals surface area (Å²) in [5.41, 5.74) is 1.48. The van der Waals surface area contributed by atoms with E-state index in [9.17, 15) is 4.79 Å². The summed E-state index contributed by atoms with van der Waals surface area (Å²) in [7, 11) is 0. The van der Waals surface area contributed by atoms with Crippen LogP contribution in [0.2, 0.25) is 0 Å². The minimum Gasteiger partial charge on any atom is -0.300 e. The van der Waals surface area contributed by atoms with Crippen molar-refractivity contribution in [1.82, 2.24) is 0 Å². The van der Waals surface area contributed by atoms with E-state index in [-0.39, 0.29) is 5.41 Å². The summed E-state index contributed by atoms with van der Waals surface area (Å²) < 4.78 is 0. The zero-order valence-electron chi connectivity index (χ0n) is 9.33. The first-order chi connectivity index (χ1) is 7.27. The van der Waals surface area contributed by atoms with E-state index in [1.54, 1.807) is 0 Å². The Morgan fingerprint density at radius 3 is 2.60 bits per heavy atom. The first kappa shape index (κ1) is 10.4. The third-order valence-corrected chi connectivity index (χ3v) is 3.71. The van der Waals surface area contributed by atoms with Crippen LogP contribution in [0, 0.1) is 0 Å². The van der Waals surface area contributed by atoms with Crippen molar-refractivity contribution in [2.24, 2.45) is 0 Å². The molecule has 1 heteroatoms. The van der Waals surface area contributed by atoms with Crippen molar-refractivity contribution < 1.29 is 4.79 Å². The van der Waals surface area contributed by atoms with Crippen LogP contribution in [0.15, 0.2) is 30.3 Å². The highest BCUT2D eigenvalue weighted by atomic mass is 16.1. The maximum Gasteiger partial charge on any atom is 0.133 e. The van der Waals surface area contributed by atoms with Crippen LogP contribution in [-0.2, 0) is 10.2 Å². The summed E-state index contributed by atoms with van der Waals surface area (Å²) in [6.07, 6.45) is 4.83. The van der Waals surface area contributed by atoms with Crippen molar-refractivity contribution in [1.29, 1.82) is 0 Å². The molecular weight excluding hydrogens is 184 g/mol. The molecule has 0 unspecified atom stereocenters. The van der Waals surface area contributed by atoms with E-state index >= 15 is 0 Å². The third kappa shape index (κ3) is 1.97. The predicted octanol–water partition coefficient (Wildman–Crippen LogP) is 3.48. The fourth-order valence-electron chi connectivity index (χ4n) is 2.72. The molecule has 1 aliphatic carbocycles. The SMILES string of the molecule is CC[C@@]1(c2ccccc2)CCCC(=O)C1. The average molecular weight is 202 g/mol. The molecule has 0 amide bonds. The highest BCUT2D eigenvalue weighted by Crippen LogP contribution is 2.40. The van der Waals surface area contributed by atoms with Gasteiger partial charge >= 0.3 is 0 Å². The van der Waals surface area contributed by atoms with Crippen LogP contribution in [-0.4, -0.2) is 5.78 Å². The Morgan fingerprint density at radius 2 is 2.00 bits per heavy atom. The van der Waals surface area contributed by atoms with Gasteiger partial charge in [-0.15, -0.1) is 0 Å². The second kappa shape index (κ2) is 4.18. The molecule has 15 heavy (non-hydrogen) atoms. The molecule has 0 saturated heterocycles. The van der Waals surface area contributed by atoms with Crippen molar-refractivity contribution in [3.8, 4) is 0 Å². The second-order valence-electron chi connectivity index (χ2n) is 4.57. The number of rotatable bonds is 2. The van der Waals surface area contributed by atoms with Gasteiger partial charge in [-0.05, 0) is 24.8 Å². The maximum atomic E-state index is 11.6. The topological polar surface area (TPSA) is 17.1 Å². The van der Waals surface area contributed by atoms with Gasteiger partial charge in [-0.25, -0.2) is 0 Å². The number of ketones is 1. The molecule has 0 aliphatic heterocycles. The van der Waals surface area contributed by atoms with Crippen LogP contribution in [0.25, 0.3) is 0 Å². The minimum atomic E-state index is 0.136. The summed E-state index contributed by atoms with van der Waals surface area (Å²) in [6.45, 7) is 2.20. The Balaban J connectivity index is 2.32. The van der Waals surface area contributed by atoms with Crippen LogP contribution < -0.4 is 0 Å². The van der Waals surface area contributed by atoms with Crippen LogP contribution in [0.5, 0.6) is 0 Å². The highest BCUT2D eigenvalue weighted by molar-refractivity contribution is 5.80. The number of hydrogen-bond donors (Lipinski definition) is 0. The van der Waals surface area contributed by atoms with E-state index in [1.807, 2.05) is 6.07 Å². The fraction of sp³-hybridized carbons (Fsp3) is 0.500. The van der Waals surface area contributed by atoms with Crippen LogP contribution in [0.4, 0.5) is 0 Å². The molecule has 1 atom stereocenters. The molecule has 0 spiro atoms. The van der Waals surface area contributed by atoms with E-state index in [2.05, 4.69) is 31.2 Å². The predicted molar refractivity (Wildman–Crippen MR) is 61.9 cm³/mol. The zero-order chi connectivity index (χ0) is 10.7. The summed E-state index contributed by atoms with van der Waals surface area (Å²) in [5.74, 6) is 0.437. The van der Waals surface area contributed by atoms with E-state index in [1.165, 1.54) is 12.0 Å². The van der Waals surface area contributed by atoms with Gasteiger partial charge in [0.25, 0.3) is 0 Å². The van der Waals surface area contributed by atoms with Gasteiger partial charge in [-0.2, -0.15) is 0 Å². The Bertz CT molecular complexity index is 342. The number of benzene rings is 1. The first-order valence-electron chi connectivity index (χ1n) is 5.84. The first-order valence-corrected chi connectivity index (χ1v) is 5.84. The van der Waals surface area contributed by atoms with Gasteiger partial charge in [-0.3, -0.25) is 4.79 Å². The molecule has 0 aromatic heterocycles. The lowest BCUT2D eigenvalue weighted by Gasteiger charge is -2.36. The number of carbonyl (C=O) groups excluding carboxylic acids is 1. The summed E-state index contributed by atoms with van der Waals surface area (Å²) >= 11 is 0. The Hall–Kier alpha value is -1.11. The van der Waals surface area contributed by atoms with Crippen LogP contribution in [0.3, 0.4) is 0 Å². The largest absolute Gasteiger partial charge is 0.300 e. The molecule has 1 fully saturated rings. The van der Waals surface area contributed by atoms with E-state index in [4.69, 9.17) is 0 Å². The van der Waals surface area contributed by atoms with Gasteiger partial charge in [0.15, 0.2) is 0 Å². The highest BCUT2D eigenvalue weighted by Gasteiger charge is 2.35. The van der Waals surface area contributed by atoms with Gasteiger partial charge in [-0.1, -0.05) is 37.3 Å². The lowest BCUT2D eigenvalue weighted by atomic mass is 9.67. The zero-order valence-corrected chi connectivity index (χ0v) is 9.33. The van der Waals surface area contributed by atoms with Gasteiger partial charge < -0.3 is 0 Å². The van der Waals surface area contributed by atoms with Crippen molar-refractivity contribution >= 4 is 5.78 Å². The molecule has 1 aliphatic rings. The molecule has 1 nitrogen and oxygen atoms in total. The molecule has 0 radical (unpaired) electrons. The maximum absolute atomic E-state index is 11.6. The van der Waals surface area contributed by atoms with Crippen LogP contribution >= 0.6 is 0 Å². The number of Topliss-reactive ketones (excluding diaryl/α,β-unsaturated/α-hetero) is 1. The van der Waals surface area contributed by atoms with Gasteiger partial charge in [0.2, 0.25) is 0 Å². The number of carbonyl (C=O) groups is 1. The van der Waals surface area contributed by atoms with Crippen molar-refractivity contribution in [2.45, 2.75) is 44.4 Å². The van der Waals surface area contributed by atoms with Gasteiger partial charge in [0.1, 0.15) is 5.78 Å². The molecule has 1 saturated carbocycles. The van der Waals surface area contributed by atoms with E-state index in [0.717, 1.165) is 25.7 Å². The molecule has 0 heterocycles. The quantitative estimate of drug-likeness (QED) is 0.717. The van der Waals surface area contributed by atoms with E-state index in [0.29, 0.717) is 5.78 Å². The lowest BCUT2D eigenvalue weighted by molar-refractivity contribution is -0.122. The summed E-state index contributed by atoms with van der Waals surface area (Å²) in [4.78, 5) is 11.6. The van der Waals surface area contributed by atoms with Crippen LogP contribution in [0.1, 0.15) is 44.6 Å². The summed E-state index contributed by atoms with van der Waals surface area (Å²) in [6, 6.07) is 10.5. The van der Waals surface area contributed by atoms with Crippen molar-refractivity contribution in [3.63, 3.8) is 0 Å². The normalized spacial score (nSPS) is 26.6. The van der Waals surface area contributed by atoms with Gasteiger partial charge in [0.05, 0.1) is 0 Å². The Kier molecular flexibility index (Phi) is 2.90. The molecule has 1 aromatic rings. The Labute approximate surface area is 91.5 Å². The Morgan fingerprint density at radius 1 is 1.27 bits per heavy atom. The van der Waals surface area contributed by atoms with Crippen molar-refractivity contribution in [3.05, 3.63) is 35.9 Å². The molecule has 2 rings (SSSR count). The molecule has 0 bridgehead atoms. The smallest absolute Gasteiger partial charge is 0.133 e. The average Bonchev–Trinajstić information content (AvgIpc) is 2.30. The molecule has 80 valence electrons. The lowest BCUT2D eigenvalue weighted by Crippen LogP contribution is -2.32. The fourth-order valence-corrected chi connectivity index (χ4v) is 2.72. The summed E-state index contributed by atoms with van der Waals surface area (Å²) in [5, 5.41) is 0. The van der Waals surface area contributed by atoms with Gasteiger partial charge in [0, 0.05) is 18.3 Å². The molecule has 1 aromatic carbocycles. The second-order valence-corrected chi connectivity index (χ2v) is 4.57. The van der Waals surface area contributed by atoms with Crippen molar-refractivity contribution in [2.75, 3.05) is 0 Å². The monoisotopic (exact) mass is 202 g/mol. The number of hydrogen-bond acceptors (Lipinski definition) is 1. The molecule has 0 N–H and O–H groups in total. The molecular formula is C14H18O. The third-order valence-electron chi connectivity index (χ3n) is 3.71. The van der Waals surface area contributed by atoms with E-state index < -0.39 is 0 Å².